The summed E-state index contributed by atoms with van der Waals surface area (Å²) in [7, 11) is 0. The van der Waals surface area contributed by atoms with Crippen LogP contribution in [-0.4, -0.2) is 44.5 Å². The van der Waals surface area contributed by atoms with Gasteiger partial charge in [0, 0.05) is 35.1 Å². The van der Waals surface area contributed by atoms with Crippen LogP contribution in [-0.2, 0) is 9.59 Å². The van der Waals surface area contributed by atoms with Gasteiger partial charge in [0.2, 0.25) is 0 Å². The average molecular weight is 572 g/mol. The molecule has 1 heterocycles. The number of imide groups is 1. The number of hydrazine groups is 1. The zero-order chi connectivity index (χ0) is 30.0. The highest BCUT2D eigenvalue weighted by Gasteiger charge is 2.63. The quantitative estimate of drug-likeness (QED) is 0.137. The average Bonchev–Trinajstić information content (AvgIpc) is 3.30. The first-order chi connectivity index (χ1) is 20.8. The number of amides is 3. The predicted molar refractivity (Wildman–Crippen MR) is 155 cm³/mol. The molecule has 0 radical (unpaired) electrons. The van der Waals surface area contributed by atoms with Gasteiger partial charge in [-0.1, -0.05) is 78.9 Å². The van der Waals surface area contributed by atoms with Gasteiger partial charge in [0.15, 0.2) is 5.78 Å². The molecule has 3 atom stereocenters. The van der Waals surface area contributed by atoms with Crippen LogP contribution in [0, 0.1) is 22.0 Å². The second kappa shape index (κ2) is 9.84. The Balaban J connectivity index is 1.35. The Bertz CT molecular complexity index is 1720. The Hall–Kier alpha value is -5.44. The van der Waals surface area contributed by atoms with E-state index >= 15 is 0 Å². The Morgan fingerprint density at radius 2 is 1.14 bits per heavy atom. The Kier molecular flexibility index (Phi) is 6.05. The van der Waals surface area contributed by atoms with Gasteiger partial charge in [0.05, 0.1) is 16.8 Å². The summed E-state index contributed by atoms with van der Waals surface area (Å²) in [5.74, 6) is -4.62. The highest BCUT2D eigenvalue weighted by Crippen LogP contribution is 2.61. The second-order valence-corrected chi connectivity index (χ2v) is 11.1. The first-order valence-electron chi connectivity index (χ1n) is 14.0. The zero-order valence-corrected chi connectivity index (χ0v) is 23.0. The first kappa shape index (κ1) is 26.5. The van der Waals surface area contributed by atoms with Crippen molar-refractivity contribution in [1.82, 2.24) is 10.0 Å². The van der Waals surface area contributed by atoms with Gasteiger partial charge in [-0.2, -0.15) is 5.01 Å². The standard InChI is InChI=1S/C34H25N3O6/c1-19(31(38)20-9-3-2-4-10-20)35(32(39)21-15-17-22(18-16-21)37(42)43)36-33(40)29-27-23-11-5-6-12-24(23)28(30(29)34(36)41)26-14-8-7-13-25(26)27/h2-19,27-30H,1H3/t19-,27?,28?,29-,30+/m0/s1. The highest BCUT2D eigenvalue weighted by molar-refractivity contribution is 6.11. The van der Waals surface area contributed by atoms with Gasteiger partial charge in [0.25, 0.3) is 23.4 Å². The molecule has 2 bridgehead atoms. The molecule has 8 rings (SSSR count). The normalized spacial score (nSPS) is 21.9. The number of nitrogens with zero attached hydrogens (tertiary/aromatic N) is 3. The van der Waals surface area contributed by atoms with Crippen molar-refractivity contribution in [2.45, 2.75) is 24.8 Å². The Labute approximate surface area is 246 Å². The number of ketones is 1. The topological polar surface area (TPSA) is 118 Å². The molecule has 4 aliphatic rings. The molecule has 9 heteroatoms. The van der Waals surface area contributed by atoms with Crippen molar-refractivity contribution in [3.63, 3.8) is 0 Å². The molecular weight excluding hydrogens is 546 g/mol. The number of nitro benzene ring substituents is 1. The van der Waals surface area contributed by atoms with Crippen LogP contribution in [0.5, 0.6) is 0 Å². The van der Waals surface area contributed by atoms with Crippen molar-refractivity contribution in [3.05, 3.63) is 147 Å². The van der Waals surface area contributed by atoms with Crippen LogP contribution in [0.3, 0.4) is 0 Å². The molecule has 1 fully saturated rings. The van der Waals surface area contributed by atoms with Gasteiger partial charge < -0.3 is 0 Å². The zero-order valence-electron chi connectivity index (χ0n) is 23.0. The molecule has 3 amide bonds. The third-order valence-electron chi connectivity index (χ3n) is 8.98. The van der Waals surface area contributed by atoms with Crippen molar-refractivity contribution in [2.75, 3.05) is 0 Å². The van der Waals surface area contributed by atoms with E-state index in [1.807, 2.05) is 48.5 Å². The molecule has 212 valence electrons. The molecular formula is C34H25N3O6. The summed E-state index contributed by atoms with van der Waals surface area (Å²) in [6.07, 6.45) is 0. The van der Waals surface area contributed by atoms with Crippen LogP contribution >= 0.6 is 0 Å². The van der Waals surface area contributed by atoms with Gasteiger partial charge in [-0.25, -0.2) is 5.01 Å². The predicted octanol–water partition coefficient (Wildman–Crippen LogP) is 5.12. The van der Waals surface area contributed by atoms with Crippen LogP contribution in [0.15, 0.2) is 103 Å². The minimum absolute atomic E-state index is 0.00308. The fourth-order valence-corrected chi connectivity index (χ4v) is 7.13. The number of non-ortho nitro benzene ring substituents is 1. The van der Waals surface area contributed by atoms with Crippen molar-refractivity contribution >= 4 is 29.2 Å². The fourth-order valence-electron chi connectivity index (χ4n) is 7.13. The molecule has 0 unspecified atom stereocenters. The van der Waals surface area contributed by atoms with Crippen molar-refractivity contribution in [2.24, 2.45) is 11.8 Å². The summed E-state index contributed by atoms with van der Waals surface area (Å²) in [5.41, 5.74) is 4.03. The van der Waals surface area contributed by atoms with E-state index < -0.39 is 46.3 Å². The summed E-state index contributed by atoms with van der Waals surface area (Å²) < 4.78 is 0. The third-order valence-corrected chi connectivity index (χ3v) is 8.98. The van der Waals surface area contributed by atoms with Gasteiger partial charge in [-0.05, 0) is 41.3 Å². The summed E-state index contributed by atoms with van der Waals surface area (Å²) in [5, 5.41) is 13.1. The maximum absolute atomic E-state index is 14.5. The van der Waals surface area contributed by atoms with Gasteiger partial charge >= 0.3 is 0 Å². The Morgan fingerprint density at radius 3 is 1.58 bits per heavy atom. The van der Waals surface area contributed by atoms with Gasteiger partial charge in [-0.15, -0.1) is 0 Å². The molecule has 43 heavy (non-hydrogen) atoms. The number of rotatable bonds is 6. The lowest BCUT2D eigenvalue weighted by atomic mass is 9.55. The number of carbonyl (C=O) groups excluding carboxylic acids is 4. The number of Topliss-reactive ketones (excluding diaryl/α,β-unsaturated/α-hetero) is 1. The van der Waals surface area contributed by atoms with E-state index in [9.17, 15) is 29.3 Å². The molecule has 1 aliphatic heterocycles. The Morgan fingerprint density at radius 1 is 0.698 bits per heavy atom. The van der Waals surface area contributed by atoms with Crippen LogP contribution in [0.4, 0.5) is 5.69 Å². The number of hydrogen-bond donors (Lipinski definition) is 0. The van der Waals surface area contributed by atoms with E-state index in [0.29, 0.717) is 5.56 Å². The van der Waals surface area contributed by atoms with Crippen LogP contribution in [0.2, 0.25) is 0 Å². The molecule has 0 spiro atoms. The number of hydrogen-bond acceptors (Lipinski definition) is 6. The van der Waals surface area contributed by atoms with E-state index in [4.69, 9.17) is 0 Å². The summed E-state index contributed by atoms with van der Waals surface area (Å²) in [4.78, 5) is 67.4. The summed E-state index contributed by atoms with van der Waals surface area (Å²) in [6, 6.07) is 27.6. The summed E-state index contributed by atoms with van der Waals surface area (Å²) >= 11 is 0. The molecule has 0 saturated carbocycles. The van der Waals surface area contributed by atoms with E-state index in [1.54, 1.807) is 30.3 Å². The first-order valence-corrected chi connectivity index (χ1v) is 14.0. The maximum Gasteiger partial charge on any atom is 0.273 e. The van der Waals surface area contributed by atoms with E-state index in [2.05, 4.69) is 0 Å². The van der Waals surface area contributed by atoms with Gasteiger partial charge in [0.1, 0.15) is 6.04 Å². The highest BCUT2D eigenvalue weighted by atomic mass is 16.6. The van der Waals surface area contributed by atoms with E-state index in [1.165, 1.54) is 31.2 Å². The van der Waals surface area contributed by atoms with Crippen LogP contribution in [0.25, 0.3) is 0 Å². The van der Waals surface area contributed by atoms with Crippen LogP contribution in [0.1, 0.15) is 61.7 Å². The minimum atomic E-state index is -1.24. The maximum atomic E-state index is 14.5. The molecule has 3 aliphatic carbocycles. The SMILES string of the molecule is C[C@@H](C(=O)c1ccccc1)N(C(=O)c1ccc([N+](=O)[O-])cc1)N1C(=O)[C@@H]2C3c4ccccc4C(c4ccccc43)[C@@H]2C1=O. The summed E-state index contributed by atoms with van der Waals surface area (Å²) in [6.45, 7) is 1.49. The lowest BCUT2D eigenvalue weighted by Gasteiger charge is -2.45. The fraction of sp³-hybridized carbons (Fsp3) is 0.176. The number of carbonyl (C=O) groups is 4. The molecule has 9 nitrogen and oxygen atoms in total. The van der Waals surface area contributed by atoms with Gasteiger partial charge in [-0.3, -0.25) is 29.3 Å². The van der Waals surface area contributed by atoms with E-state index in [0.717, 1.165) is 32.3 Å². The minimum Gasteiger partial charge on any atom is -0.292 e. The van der Waals surface area contributed by atoms with Crippen LogP contribution < -0.4 is 0 Å². The largest absolute Gasteiger partial charge is 0.292 e. The second-order valence-electron chi connectivity index (χ2n) is 11.1. The lowest BCUT2D eigenvalue weighted by molar-refractivity contribution is -0.384. The molecule has 0 N–H and O–H groups in total. The van der Waals surface area contributed by atoms with E-state index in [-0.39, 0.29) is 23.1 Å². The third kappa shape index (κ3) is 3.85. The molecule has 0 aromatic heterocycles. The smallest absolute Gasteiger partial charge is 0.273 e. The molecule has 4 aromatic carbocycles. The molecule has 1 saturated heterocycles. The molecule has 4 aromatic rings. The van der Waals surface area contributed by atoms with Crippen molar-refractivity contribution < 1.29 is 24.1 Å². The lowest BCUT2D eigenvalue weighted by Crippen LogP contribution is -2.56. The van der Waals surface area contributed by atoms with Crippen molar-refractivity contribution in [1.29, 1.82) is 0 Å². The number of benzene rings is 4. The monoisotopic (exact) mass is 571 g/mol. The number of nitro groups is 1. The van der Waals surface area contributed by atoms with Crippen molar-refractivity contribution in [3.8, 4) is 0 Å².